The van der Waals surface area contributed by atoms with Crippen molar-refractivity contribution >= 4 is 43.9 Å². The van der Waals surface area contributed by atoms with Crippen molar-refractivity contribution in [2.45, 2.75) is 11.1 Å². The highest BCUT2D eigenvalue weighted by Crippen LogP contribution is 2.39. The van der Waals surface area contributed by atoms with Crippen molar-refractivity contribution in [1.29, 1.82) is 0 Å². The molecule has 4 rings (SSSR count). The number of hydrogen-bond donors (Lipinski definition) is 0. The lowest BCUT2D eigenvalue weighted by Crippen LogP contribution is -2.27. The number of rotatable bonds is 4. The summed E-state index contributed by atoms with van der Waals surface area (Å²) in [4.78, 5) is 11.6. The zero-order chi connectivity index (χ0) is 22.2. The third-order valence-electron chi connectivity index (χ3n) is 4.42. The Morgan fingerprint density at radius 2 is 1.68 bits per heavy atom. The van der Waals surface area contributed by atoms with Gasteiger partial charge in [0.25, 0.3) is 10.0 Å². The van der Waals surface area contributed by atoms with Crippen molar-refractivity contribution in [3.63, 3.8) is 0 Å². The number of fused-ring (bicyclic) bond motifs is 1. The predicted molar refractivity (Wildman–Crippen MR) is 110 cm³/mol. The van der Waals surface area contributed by atoms with Gasteiger partial charge in [0.1, 0.15) is 6.33 Å². The smallest absolute Gasteiger partial charge is 0.264 e. The number of aromatic nitrogens is 3. The molecule has 0 aliphatic heterocycles. The summed E-state index contributed by atoms with van der Waals surface area (Å²) in [7, 11) is -4.31. The van der Waals surface area contributed by atoms with Crippen LogP contribution in [0.15, 0.2) is 78.3 Å². The van der Waals surface area contributed by atoms with Crippen molar-refractivity contribution in [3.05, 3.63) is 84.0 Å². The minimum atomic E-state index is -4.63. The maximum atomic E-state index is 13.6. The van der Waals surface area contributed by atoms with Crippen molar-refractivity contribution < 1.29 is 21.6 Å². The van der Waals surface area contributed by atoms with Gasteiger partial charge in [0.2, 0.25) is 0 Å². The Bertz CT molecular complexity index is 1370. The summed E-state index contributed by atoms with van der Waals surface area (Å²) >= 11 is 6.11. The molecular weight excluding hydrogens is 453 g/mol. The normalized spacial score (nSPS) is 12.1. The van der Waals surface area contributed by atoms with Crippen LogP contribution in [0.25, 0.3) is 10.8 Å². The van der Waals surface area contributed by atoms with E-state index in [9.17, 15) is 21.6 Å². The van der Waals surface area contributed by atoms with Gasteiger partial charge in [-0.2, -0.15) is 13.2 Å². The van der Waals surface area contributed by atoms with E-state index in [1.165, 1.54) is 30.6 Å². The number of hydrogen-bond acceptors (Lipinski definition) is 5. The number of alkyl halides is 3. The number of anilines is 2. The van der Waals surface area contributed by atoms with Crippen LogP contribution >= 0.6 is 11.6 Å². The maximum absolute atomic E-state index is 13.6. The van der Waals surface area contributed by atoms with Gasteiger partial charge in [0.15, 0.2) is 5.82 Å². The average Bonchev–Trinajstić information content (AvgIpc) is 2.74. The number of sulfonamides is 1. The van der Waals surface area contributed by atoms with Gasteiger partial charge >= 0.3 is 6.18 Å². The molecule has 0 spiro atoms. The number of benzene rings is 2. The van der Waals surface area contributed by atoms with Gasteiger partial charge < -0.3 is 0 Å². The third-order valence-corrected chi connectivity index (χ3v) is 6.44. The molecule has 0 fully saturated rings. The molecule has 11 heteroatoms. The van der Waals surface area contributed by atoms with E-state index in [4.69, 9.17) is 11.6 Å². The second-order valence-corrected chi connectivity index (χ2v) is 8.58. The lowest BCUT2D eigenvalue weighted by molar-refractivity contribution is -0.137. The third kappa shape index (κ3) is 4.04. The molecule has 0 saturated carbocycles. The summed E-state index contributed by atoms with van der Waals surface area (Å²) in [6, 6.07) is 9.80. The first-order valence-electron chi connectivity index (χ1n) is 8.70. The van der Waals surface area contributed by atoms with Crippen molar-refractivity contribution in [2.75, 3.05) is 4.31 Å². The average molecular weight is 465 g/mol. The van der Waals surface area contributed by atoms with E-state index < -0.39 is 26.8 Å². The Kier molecular flexibility index (Phi) is 5.28. The Morgan fingerprint density at radius 3 is 2.35 bits per heavy atom. The fourth-order valence-corrected chi connectivity index (χ4v) is 4.77. The van der Waals surface area contributed by atoms with Gasteiger partial charge in [0.05, 0.1) is 21.2 Å². The van der Waals surface area contributed by atoms with Crippen molar-refractivity contribution in [1.82, 2.24) is 15.0 Å². The zero-order valence-corrected chi connectivity index (χ0v) is 17.0. The molecule has 2 heterocycles. The van der Waals surface area contributed by atoms with Crippen LogP contribution in [0.5, 0.6) is 0 Å². The first-order chi connectivity index (χ1) is 14.7. The highest BCUT2D eigenvalue weighted by atomic mass is 35.5. The number of nitrogens with zero attached hydrogens (tertiary/aromatic N) is 4. The van der Waals surface area contributed by atoms with E-state index in [1.807, 2.05) is 0 Å². The quantitative estimate of drug-likeness (QED) is 0.413. The molecule has 0 radical (unpaired) electrons. The van der Waals surface area contributed by atoms with Crippen LogP contribution in [0.1, 0.15) is 5.56 Å². The minimum Gasteiger partial charge on any atom is -0.264 e. The van der Waals surface area contributed by atoms with Crippen LogP contribution in [-0.4, -0.2) is 23.4 Å². The lowest BCUT2D eigenvalue weighted by atomic mass is 10.2. The van der Waals surface area contributed by atoms with Gasteiger partial charge in [-0.05, 0) is 41.8 Å². The molecule has 0 aliphatic rings. The topological polar surface area (TPSA) is 76.1 Å². The molecule has 6 nitrogen and oxygen atoms in total. The Hall–Kier alpha value is -3.24. The van der Waals surface area contributed by atoms with Gasteiger partial charge in [-0.25, -0.2) is 22.7 Å². The minimum absolute atomic E-state index is 0.0773. The van der Waals surface area contributed by atoms with Gasteiger partial charge in [-0.3, -0.25) is 4.98 Å². The molecule has 31 heavy (non-hydrogen) atoms. The zero-order valence-electron chi connectivity index (χ0n) is 15.5. The van der Waals surface area contributed by atoms with Gasteiger partial charge in [-0.1, -0.05) is 17.7 Å². The Labute approximate surface area is 180 Å². The van der Waals surface area contributed by atoms with E-state index in [2.05, 4.69) is 15.0 Å². The van der Waals surface area contributed by atoms with Crippen LogP contribution in [-0.2, 0) is 16.2 Å². The van der Waals surface area contributed by atoms with Gasteiger partial charge in [0, 0.05) is 30.0 Å². The largest absolute Gasteiger partial charge is 0.416 e. The molecule has 4 aromatic rings. The van der Waals surface area contributed by atoms with Crippen LogP contribution in [0.3, 0.4) is 0 Å². The molecule has 2 aromatic carbocycles. The number of halogens is 4. The molecule has 158 valence electrons. The summed E-state index contributed by atoms with van der Waals surface area (Å²) in [5, 5.41) is 0.946. The molecule has 0 atom stereocenters. The molecule has 0 bridgehead atoms. The first kappa shape index (κ1) is 21.0. The Balaban J connectivity index is 1.91. The van der Waals surface area contributed by atoms with E-state index in [1.54, 1.807) is 18.3 Å². The molecule has 0 N–H and O–H groups in total. The van der Waals surface area contributed by atoms with Gasteiger partial charge in [-0.15, -0.1) is 0 Å². The van der Waals surface area contributed by atoms with E-state index in [0.717, 1.165) is 28.2 Å². The fourth-order valence-electron chi connectivity index (χ4n) is 2.96. The predicted octanol–water partition coefficient (Wildman–Crippen LogP) is 5.22. The van der Waals surface area contributed by atoms with Crippen molar-refractivity contribution in [3.8, 4) is 0 Å². The molecular formula is C20H12ClF3N4O2S. The Morgan fingerprint density at radius 1 is 0.903 bits per heavy atom. The molecule has 0 unspecified atom stereocenters. The standard InChI is InChI=1S/C20H12ClF3N4O2S/c21-17-10-15(20(22,23)24)2-4-18(17)28(19-6-8-26-12-27-19)31(29,30)16-3-1-14-11-25-7-5-13(14)9-16/h1-12H. The van der Waals surface area contributed by atoms with Crippen molar-refractivity contribution in [2.24, 2.45) is 0 Å². The summed E-state index contributed by atoms with van der Waals surface area (Å²) in [5.74, 6) is -0.0773. The highest BCUT2D eigenvalue weighted by molar-refractivity contribution is 7.93. The second-order valence-electron chi connectivity index (χ2n) is 6.39. The van der Waals surface area contributed by atoms with Crippen LogP contribution in [0.4, 0.5) is 24.7 Å². The van der Waals surface area contributed by atoms with Crippen LogP contribution < -0.4 is 4.31 Å². The highest BCUT2D eigenvalue weighted by Gasteiger charge is 2.34. The van der Waals surface area contributed by atoms with E-state index in [0.29, 0.717) is 11.5 Å². The molecule has 2 aromatic heterocycles. The van der Waals surface area contributed by atoms with Crippen LogP contribution in [0.2, 0.25) is 5.02 Å². The van der Waals surface area contributed by atoms with Crippen LogP contribution in [0, 0.1) is 0 Å². The number of pyridine rings is 1. The lowest BCUT2D eigenvalue weighted by Gasteiger charge is -2.25. The second kappa shape index (κ2) is 7.78. The van der Waals surface area contributed by atoms with E-state index >= 15 is 0 Å². The fraction of sp³-hybridized carbons (Fsp3) is 0.0500. The maximum Gasteiger partial charge on any atom is 0.416 e. The first-order valence-corrected chi connectivity index (χ1v) is 10.5. The monoisotopic (exact) mass is 464 g/mol. The molecule has 0 amide bonds. The summed E-state index contributed by atoms with van der Waals surface area (Å²) in [6.45, 7) is 0. The molecule has 0 saturated heterocycles. The summed E-state index contributed by atoms with van der Waals surface area (Å²) < 4.78 is 67.1. The summed E-state index contributed by atoms with van der Waals surface area (Å²) in [5.41, 5.74) is -1.18. The van der Waals surface area contributed by atoms with E-state index in [-0.39, 0.29) is 16.4 Å². The molecule has 0 aliphatic carbocycles. The summed E-state index contributed by atoms with van der Waals surface area (Å²) in [6.07, 6.45) is 0.915. The SMILES string of the molecule is O=S(=O)(c1ccc2cnccc2c1)N(c1ccncn1)c1ccc(C(F)(F)F)cc1Cl.